The lowest BCUT2D eigenvalue weighted by molar-refractivity contribution is -0.144. The van der Waals surface area contributed by atoms with Gasteiger partial charge in [-0.25, -0.2) is 4.79 Å². The molecule has 3 amide bonds. The number of nitrogens with two attached hydrogens (primary N) is 1. The Bertz CT molecular complexity index is 665. The summed E-state index contributed by atoms with van der Waals surface area (Å²) in [6.07, 6.45) is -1.86. The van der Waals surface area contributed by atoms with Crippen molar-refractivity contribution in [2.45, 2.75) is 77.7 Å². The van der Waals surface area contributed by atoms with Gasteiger partial charge in [0.15, 0.2) is 0 Å². The molecule has 0 aliphatic rings. The quantitative estimate of drug-likeness (QED) is 0.174. The van der Waals surface area contributed by atoms with Crippen LogP contribution in [0.5, 0.6) is 0 Å². The van der Waals surface area contributed by atoms with Crippen LogP contribution in [-0.4, -0.2) is 75.3 Å². The van der Waals surface area contributed by atoms with Crippen LogP contribution in [0, 0.1) is 11.8 Å². The first-order valence-electron chi connectivity index (χ1n) is 9.96. The number of aliphatic carboxylic acids is 2. The van der Waals surface area contributed by atoms with Crippen LogP contribution < -0.4 is 21.7 Å². The summed E-state index contributed by atoms with van der Waals surface area (Å²) < 4.78 is 0. The molecule has 8 N–H and O–H groups in total. The molecule has 0 radical (unpaired) electrons. The number of amides is 3. The number of carboxylic acids is 2. The molecule has 0 fully saturated rings. The van der Waals surface area contributed by atoms with Gasteiger partial charge in [-0.3, -0.25) is 19.2 Å². The van der Waals surface area contributed by atoms with Gasteiger partial charge in [0.05, 0.1) is 12.5 Å². The van der Waals surface area contributed by atoms with Gasteiger partial charge in [-0.2, -0.15) is 0 Å². The number of rotatable bonds is 13. The lowest BCUT2D eigenvalue weighted by atomic mass is 10.0. The van der Waals surface area contributed by atoms with E-state index in [9.17, 15) is 34.2 Å². The van der Waals surface area contributed by atoms with Crippen LogP contribution in [0.2, 0.25) is 0 Å². The summed E-state index contributed by atoms with van der Waals surface area (Å²) in [7, 11) is 0. The molecule has 0 aliphatic heterocycles. The van der Waals surface area contributed by atoms with Gasteiger partial charge in [-0.1, -0.05) is 27.7 Å². The highest BCUT2D eigenvalue weighted by atomic mass is 16.4. The van der Waals surface area contributed by atoms with Gasteiger partial charge in [0.1, 0.15) is 24.2 Å². The fourth-order valence-electron chi connectivity index (χ4n) is 2.61. The second-order valence-electron chi connectivity index (χ2n) is 8.18. The number of carbonyl (C=O) groups is 5. The largest absolute Gasteiger partial charge is 0.481 e. The van der Waals surface area contributed by atoms with Crippen LogP contribution in [0.3, 0.4) is 0 Å². The van der Waals surface area contributed by atoms with Gasteiger partial charge < -0.3 is 37.0 Å². The van der Waals surface area contributed by atoms with E-state index in [0.717, 1.165) is 0 Å². The standard InChI is InChI=1S/C19H34N4O8/c1-8(2)6-12(19(30)31)22-16(27)11(7-13(25)26)21-18(29)15(9(3)4)23-17(28)14(20)10(5)24/h8-12,14-15,24H,6-7,20H2,1-5H3,(H,21,29)(H,22,27)(H,23,28)(H,25,26)(H,30,31). The maximum atomic E-state index is 12.7. The van der Waals surface area contributed by atoms with Crippen LogP contribution >= 0.6 is 0 Å². The van der Waals surface area contributed by atoms with Gasteiger partial charge in [-0.05, 0) is 25.2 Å². The minimum absolute atomic E-state index is 0.0624. The molecule has 5 atom stereocenters. The minimum atomic E-state index is -1.57. The molecule has 0 saturated carbocycles. The number of aliphatic hydroxyl groups is 1. The monoisotopic (exact) mass is 446 g/mol. The smallest absolute Gasteiger partial charge is 0.326 e. The highest BCUT2D eigenvalue weighted by Crippen LogP contribution is 2.08. The predicted octanol–water partition coefficient (Wildman–Crippen LogP) is -1.59. The van der Waals surface area contributed by atoms with E-state index in [-0.39, 0.29) is 12.3 Å². The number of nitrogens with one attached hydrogen (secondary N) is 3. The summed E-state index contributed by atoms with van der Waals surface area (Å²) in [5.74, 6) is -5.83. The predicted molar refractivity (Wildman–Crippen MR) is 110 cm³/mol. The van der Waals surface area contributed by atoms with Crippen molar-refractivity contribution < 1.29 is 39.3 Å². The molecule has 0 spiro atoms. The van der Waals surface area contributed by atoms with E-state index in [1.807, 2.05) is 0 Å². The molecule has 0 aliphatic carbocycles. The fourth-order valence-corrected chi connectivity index (χ4v) is 2.61. The molecular formula is C19H34N4O8. The van der Waals surface area contributed by atoms with E-state index >= 15 is 0 Å². The highest BCUT2D eigenvalue weighted by molar-refractivity contribution is 5.95. The summed E-state index contributed by atoms with van der Waals surface area (Å²) in [4.78, 5) is 59.9. The molecule has 0 aromatic heterocycles. The number of hydrogen-bond acceptors (Lipinski definition) is 7. The van der Waals surface area contributed by atoms with Crippen LogP contribution in [0.4, 0.5) is 0 Å². The Morgan fingerprint density at radius 2 is 1.32 bits per heavy atom. The maximum absolute atomic E-state index is 12.7. The normalized spacial score (nSPS) is 16.0. The number of carbonyl (C=O) groups excluding carboxylic acids is 3. The second kappa shape index (κ2) is 12.8. The minimum Gasteiger partial charge on any atom is -0.481 e. The summed E-state index contributed by atoms with van der Waals surface area (Å²) >= 11 is 0. The van der Waals surface area contributed by atoms with Crippen molar-refractivity contribution in [1.82, 2.24) is 16.0 Å². The van der Waals surface area contributed by atoms with Gasteiger partial charge in [-0.15, -0.1) is 0 Å². The average Bonchev–Trinajstić information content (AvgIpc) is 2.62. The van der Waals surface area contributed by atoms with Gasteiger partial charge >= 0.3 is 11.9 Å². The Morgan fingerprint density at radius 3 is 1.71 bits per heavy atom. The first-order chi connectivity index (χ1) is 14.2. The molecule has 0 bridgehead atoms. The average molecular weight is 447 g/mol. The van der Waals surface area contributed by atoms with Crippen molar-refractivity contribution in [3.8, 4) is 0 Å². The summed E-state index contributed by atoms with van der Waals surface area (Å²) in [6, 6.07) is -5.29. The van der Waals surface area contributed by atoms with E-state index in [1.54, 1.807) is 27.7 Å². The zero-order valence-electron chi connectivity index (χ0n) is 18.4. The summed E-state index contributed by atoms with van der Waals surface area (Å²) in [6.45, 7) is 8.03. The number of aliphatic hydroxyl groups excluding tert-OH is 1. The molecule has 178 valence electrons. The molecule has 12 nitrogen and oxygen atoms in total. The van der Waals surface area contributed by atoms with Crippen LogP contribution in [0.1, 0.15) is 47.5 Å². The molecule has 12 heteroatoms. The van der Waals surface area contributed by atoms with Crippen LogP contribution in [-0.2, 0) is 24.0 Å². The van der Waals surface area contributed by atoms with E-state index in [1.165, 1.54) is 6.92 Å². The molecule has 0 rings (SSSR count). The van der Waals surface area contributed by atoms with Gasteiger partial charge in [0.2, 0.25) is 17.7 Å². The van der Waals surface area contributed by atoms with Crippen molar-refractivity contribution >= 4 is 29.7 Å². The topological polar surface area (TPSA) is 208 Å². The third kappa shape index (κ3) is 10.2. The molecule has 0 aromatic rings. The molecule has 0 aromatic carbocycles. The van der Waals surface area contributed by atoms with Crippen molar-refractivity contribution in [3.05, 3.63) is 0 Å². The van der Waals surface area contributed by atoms with Crippen molar-refractivity contribution in [1.29, 1.82) is 0 Å². The Kier molecular flexibility index (Phi) is 11.7. The Morgan fingerprint density at radius 1 is 0.806 bits per heavy atom. The third-order valence-corrected chi connectivity index (χ3v) is 4.40. The third-order valence-electron chi connectivity index (χ3n) is 4.40. The van der Waals surface area contributed by atoms with Crippen molar-refractivity contribution in [3.63, 3.8) is 0 Å². The molecular weight excluding hydrogens is 412 g/mol. The molecule has 31 heavy (non-hydrogen) atoms. The number of hydrogen-bond donors (Lipinski definition) is 7. The van der Waals surface area contributed by atoms with E-state index < -0.39 is 72.3 Å². The Hall–Kier alpha value is -2.73. The maximum Gasteiger partial charge on any atom is 0.326 e. The van der Waals surface area contributed by atoms with Crippen LogP contribution in [0.25, 0.3) is 0 Å². The lowest BCUT2D eigenvalue weighted by Gasteiger charge is -2.27. The highest BCUT2D eigenvalue weighted by Gasteiger charge is 2.33. The second-order valence-corrected chi connectivity index (χ2v) is 8.18. The molecule has 5 unspecified atom stereocenters. The first kappa shape index (κ1) is 28.3. The summed E-state index contributed by atoms with van der Waals surface area (Å²) in [5.41, 5.74) is 5.56. The Balaban J connectivity index is 5.47. The van der Waals surface area contributed by atoms with Gasteiger partial charge in [0.25, 0.3) is 0 Å². The molecule has 0 saturated heterocycles. The summed E-state index contributed by atoms with van der Waals surface area (Å²) in [5, 5.41) is 34.7. The fraction of sp³-hybridized carbons (Fsp3) is 0.737. The Labute approximate surface area is 180 Å². The van der Waals surface area contributed by atoms with Crippen molar-refractivity contribution in [2.75, 3.05) is 0 Å². The van der Waals surface area contributed by atoms with Crippen LogP contribution in [0.15, 0.2) is 0 Å². The zero-order chi connectivity index (χ0) is 24.5. The first-order valence-corrected chi connectivity index (χ1v) is 9.96. The molecule has 0 heterocycles. The zero-order valence-corrected chi connectivity index (χ0v) is 18.4. The van der Waals surface area contributed by atoms with E-state index in [0.29, 0.717) is 0 Å². The van der Waals surface area contributed by atoms with Crippen molar-refractivity contribution in [2.24, 2.45) is 17.6 Å². The lowest BCUT2D eigenvalue weighted by Crippen LogP contribution is -2.59. The van der Waals surface area contributed by atoms with E-state index in [2.05, 4.69) is 16.0 Å². The SMILES string of the molecule is CC(C)CC(NC(=O)C(CC(=O)O)NC(=O)C(NC(=O)C(N)C(C)O)C(C)C)C(=O)O. The van der Waals surface area contributed by atoms with E-state index in [4.69, 9.17) is 10.8 Å². The number of carboxylic acid groups (broad SMARTS) is 2. The van der Waals surface area contributed by atoms with Gasteiger partial charge in [0, 0.05) is 0 Å².